The van der Waals surface area contributed by atoms with Gasteiger partial charge in [-0.15, -0.1) is 0 Å². The van der Waals surface area contributed by atoms with E-state index >= 15 is 0 Å². The zero-order valence-corrected chi connectivity index (χ0v) is 13.2. The van der Waals surface area contributed by atoms with Gasteiger partial charge in [0.15, 0.2) is 6.61 Å². The Hall–Kier alpha value is -1.22. The van der Waals surface area contributed by atoms with E-state index in [1.54, 1.807) is 0 Å². The molecule has 0 radical (unpaired) electrons. The Labute approximate surface area is 125 Å². The summed E-state index contributed by atoms with van der Waals surface area (Å²) in [7, 11) is 1.88. The number of amides is 1. The van der Waals surface area contributed by atoms with E-state index < -0.39 is 0 Å². The zero-order valence-electron chi connectivity index (χ0n) is 12.4. The molecule has 3 nitrogen and oxygen atoms in total. The number of carbonyl (C=O) groups is 1. The second-order valence-corrected chi connectivity index (χ2v) is 5.98. The molecule has 0 bridgehead atoms. The molecule has 0 atom stereocenters. The van der Waals surface area contributed by atoms with Crippen molar-refractivity contribution in [3.8, 4) is 5.75 Å². The second-order valence-electron chi connectivity index (χ2n) is 5.60. The van der Waals surface area contributed by atoms with Gasteiger partial charge in [-0.25, -0.2) is 0 Å². The lowest BCUT2D eigenvalue weighted by Gasteiger charge is -2.24. The summed E-state index contributed by atoms with van der Waals surface area (Å²) in [6, 6.07) is 4.14. The molecule has 4 heteroatoms. The summed E-state index contributed by atoms with van der Waals surface area (Å²) in [6.07, 6.45) is 4.67. The summed E-state index contributed by atoms with van der Waals surface area (Å²) in [5.41, 5.74) is 1.94. The first kappa shape index (κ1) is 15.2. The molecule has 1 aliphatic rings. The van der Waals surface area contributed by atoms with Crippen molar-refractivity contribution in [2.45, 2.75) is 45.6 Å². The molecule has 0 saturated heterocycles. The van der Waals surface area contributed by atoms with Crippen molar-refractivity contribution < 1.29 is 9.53 Å². The van der Waals surface area contributed by atoms with Crippen LogP contribution in [0.4, 0.5) is 0 Å². The number of carbonyl (C=O) groups excluding carboxylic acids is 1. The number of benzene rings is 1. The van der Waals surface area contributed by atoms with E-state index in [1.807, 2.05) is 37.9 Å². The molecular weight excluding hydrogens is 274 g/mol. The molecule has 0 spiro atoms. The largest absolute Gasteiger partial charge is 0.484 e. The standard InChI is InChI=1S/C16H22ClNO2/c1-11-8-14(9-12(2)16(11)17)20-10-15(19)18(3)13-6-4-5-7-13/h8-9,13H,4-7,10H2,1-3H3. The molecule has 1 aromatic rings. The fraction of sp³-hybridized carbons (Fsp3) is 0.562. The van der Waals surface area contributed by atoms with Gasteiger partial charge in [0.25, 0.3) is 5.91 Å². The Balaban J connectivity index is 1.93. The monoisotopic (exact) mass is 295 g/mol. The maximum Gasteiger partial charge on any atom is 0.260 e. The van der Waals surface area contributed by atoms with Crippen molar-refractivity contribution in [1.29, 1.82) is 0 Å². The molecule has 0 N–H and O–H groups in total. The zero-order chi connectivity index (χ0) is 14.7. The lowest BCUT2D eigenvalue weighted by atomic mass is 10.1. The van der Waals surface area contributed by atoms with Crippen molar-refractivity contribution in [2.24, 2.45) is 0 Å². The third-order valence-electron chi connectivity index (χ3n) is 4.04. The normalized spacial score (nSPS) is 15.4. The third kappa shape index (κ3) is 3.45. The SMILES string of the molecule is Cc1cc(OCC(=O)N(C)C2CCCC2)cc(C)c1Cl. The van der Waals surface area contributed by atoms with Gasteiger partial charge in [0.2, 0.25) is 0 Å². The van der Waals surface area contributed by atoms with Crippen molar-refractivity contribution in [1.82, 2.24) is 4.90 Å². The molecule has 0 heterocycles. The first-order chi connectivity index (χ1) is 9.49. The fourth-order valence-electron chi connectivity index (χ4n) is 2.73. The van der Waals surface area contributed by atoms with Gasteiger partial charge in [0, 0.05) is 18.1 Å². The lowest BCUT2D eigenvalue weighted by molar-refractivity contribution is -0.134. The number of aryl methyl sites for hydroxylation is 2. The molecule has 0 unspecified atom stereocenters. The minimum absolute atomic E-state index is 0.0437. The lowest BCUT2D eigenvalue weighted by Crippen LogP contribution is -2.38. The van der Waals surface area contributed by atoms with E-state index in [4.69, 9.17) is 16.3 Å². The van der Waals surface area contributed by atoms with Crippen LogP contribution in [0.5, 0.6) is 5.75 Å². The van der Waals surface area contributed by atoms with Crippen LogP contribution in [0.1, 0.15) is 36.8 Å². The van der Waals surface area contributed by atoms with Crippen LogP contribution < -0.4 is 4.74 Å². The Morgan fingerprint density at radius 2 is 1.85 bits per heavy atom. The molecule has 0 aromatic heterocycles. The van der Waals surface area contributed by atoms with Gasteiger partial charge < -0.3 is 9.64 Å². The smallest absolute Gasteiger partial charge is 0.260 e. The van der Waals surface area contributed by atoms with Crippen molar-refractivity contribution in [3.05, 3.63) is 28.3 Å². The van der Waals surface area contributed by atoms with Crippen molar-refractivity contribution >= 4 is 17.5 Å². The van der Waals surface area contributed by atoms with Gasteiger partial charge in [-0.2, -0.15) is 0 Å². The average Bonchev–Trinajstić information content (AvgIpc) is 2.95. The van der Waals surface area contributed by atoms with Crippen molar-refractivity contribution in [2.75, 3.05) is 13.7 Å². The Morgan fingerprint density at radius 1 is 1.30 bits per heavy atom. The molecule has 1 saturated carbocycles. The predicted molar refractivity (Wildman–Crippen MR) is 81.4 cm³/mol. The molecule has 0 aliphatic heterocycles. The van der Waals surface area contributed by atoms with Gasteiger partial charge >= 0.3 is 0 Å². The van der Waals surface area contributed by atoms with Crippen LogP contribution in [0.25, 0.3) is 0 Å². The number of likely N-dealkylation sites (N-methyl/N-ethyl adjacent to an activating group) is 1. The Kier molecular flexibility index (Phi) is 4.92. The highest BCUT2D eigenvalue weighted by atomic mass is 35.5. The highest BCUT2D eigenvalue weighted by molar-refractivity contribution is 6.32. The quantitative estimate of drug-likeness (QED) is 0.847. The van der Waals surface area contributed by atoms with Crippen LogP contribution in [0.15, 0.2) is 12.1 Å². The molecule has 1 aromatic carbocycles. The van der Waals surface area contributed by atoms with Gasteiger partial charge in [-0.05, 0) is 49.9 Å². The summed E-state index contributed by atoms with van der Waals surface area (Å²) in [6.45, 7) is 3.97. The van der Waals surface area contributed by atoms with Crippen LogP contribution >= 0.6 is 11.6 Å². The summed E-state index contributed by atoms with van der Waals surface area (Å²) >= 11 is 6.12. The van der Waals surface area contributed by atoms with Gasteiger partial charge in [-0.3, -0.25) is 4.79 Å². The minimum Gasteiger partial charge on any atom is -0.484 e. The molecule has 1 amide bonds. The van der Waals surface area contributed by atoms with Crippen LogP contribution in [0.3, 0.4) is 0 Å². The number of halogens is 1. The Morgan fingerprint density at radius 3 is 2.40 bits per heavy atom. The van der Waals surface area contributed by atoms with Gasteiger partial charge in [0.05, 0.1) is 0 Å². The third-order valence-corrected chi connectivity index (χ3v) is 4.63. The molecule has 110 valence electrons. The number of hydrogen-bond acceptors (Lipinski definition) is 2. The number of ether oxygens (including phenoxy) is 1. The summed E-state index contributed by atoms with van der Waals surface area (Å²) in [5.74, 6) is 0.750. The molecule has 20 heavy (non-hydrogen) atoms. The maximum atomic E-state index is 12.1. The summed E-state index contributed by atoms with van der Waals surface area (Å²) in [5, 5.41) is 0.756. The summed E-state index contributed by atoms with van der Waals surface area (Å²) < 4.78 is 5.62. The first-order valence-corrected chi connectivity index (χ1v) is 7.52. The Bertz CT molecular complexity index is 472. The van der Waals surface area contributed by atoms with Crippen LogP contribution in [0.2, 0.25) is 5.02 Å². The first-order valence-electron chi connectivity index (χ1n) is 7.14. The van der Waals surface area contributed by atoms with E-state index in [9.17, 15) is 4.79 Å². The molecule has 1 aliphatic carbocycles. The van der Waals surface area contributed by atoms with E-state index in [0.29, 0.717) is 11.8 Å². The van der Waals surface area contributed by atoms with E-state index in [2.05, 4.69) is 0 Å². The molecule has 2 rings (SSSR count). The fourth-order valence-corrected chi connectivity index (χ4v) is 2.84. The van der Waals surface area contributed by atoms with Crippen molar-refractivity contribution in [3.63, 3.8) is 0 Å². The highest BCUT2D eigenvalue weighted by Gasteiger charge is 2.23. The molecule has 1 fully saturated rings. The summed E-state index contributed by atoms with van der Waals surface area (Å²) in [4.78, 5) is 14.0. The van der Waals surface area contributed by atoms with Gasteiger partial charge in [-0.1, -0.05) is 24.4 Å². The minimum atomic E-state index is 0.0437. The second kappa shape index (κ2) is 6.49. The maximum absolute atomic E-state index is 12.1. The number of hydrogen-bond donors (Lipinski definition) is 0. The number of rotatable bonds is 4. The van der Waals surface area contributed by atoms with Crippen LogP contribution in [-0.2, 0) is 4.79 Å². The van der Waals surface area contributed by atoms with Crippen LogP contribution in [0, 0.1) is 13.8 Å². The van der Waals surface area contributed by atoms with Gasteiger partial charge in [0.1, 0.15) is 5.75 Å². The van der Waals surface area contributed by atoms with E-state index in [1.165, 1.54) is 12.8 Å². The topological polar surface area (TPSA) is 29.5 Å². The average molecular weight is 296 g/mol. The van der Waals surface area contributed by atoms with Crippen LogP contribution in [-0.4, -0.2) is 30.5 Å². The van der Waals surface area contributed by atoms with E-state index in [0.717, 1.165) is 29.0 Å². The predicted octanol–water partition coefficient (Wildman–Crippen LogP) is 3.74. The number of nitrogens with zero attached hydrogens (tertiary/aromatic N) is 1. The molecular formula is C16H22ClNO2. The van der Waals surface area contributed by atoms with E-state index in [-0.39, 0.29) is 12.5 Å². The highest BCUT2D eigenvalue weighted by Crippen LogP contribution is 2.26.